The molecule has 4 rings (SSSR count). The molecule has 0 radical (unpaired) electrons. The highest BCUT2D eigenvalue weighted by Gasteiger charge is 2.28. The summed E-state index contributed by atoms with van der Waals surface area (Å²) < 4.78 is 0. The van der Waals surface area contributed by atoms with Crippen LogP contribution >= 0.6 is 11.3 Å². The van der Waals surface area contributed by atoms with Crippen molar-refractivity contribution < 1.29 is 4.79 Å². The molecule has 0 unspecified atom stereocenters. The number of carbonyl (C=O) groups is 1. The van der Waals surface area contributed by atoms with E-state index in [-0.39, 0.29) is 0 Å². The molecule has 0 atom stereocenters. The first-order valence-corrected chi connectivity index (χ1v) is 9.97. The summed E-state index contributed by atoms with van der Waals surface area (Å²) in [5.41, 5.74) is 1.36. The van der Waals surface area contributed by atoms with Crippen molar-refractivity contribution in [2.75, 3.05) is 39.3 Å². The number of hydrogen-bond acceptors (Lipinski definition) is 4. The predicted octanol–water partition coefficient (Wildman–Crippen LogP) is 2.19. The van der Waals surface area contributed by atoms with Crippen LogP contribution in [0.15, 0.2) is 11.4 Å². The molecule has 1 amide bonds. The van der Waals surface area contributed by atoms with Gasteiger partial charge in [-0.05, 0) is 36.3 Å². The third-order valence-corrected chi connectivity index (χ3v) is 6.79. The van der Waals surface area contributed by atoms with Crippen LogP contribution in [0.4, 0.5) is 0 Å². The zero-order chi connectivity index (χ0) is 15.6. The van der Waals surface area contributed by atoms with Gasteiger partial charge in [-0.15, -0.1) is 11.3 Å². The first kappa shape index (κ1) is 15.6. The number of hydrogen-bond donors (Lipinski definition) is 0. The summed E-state index contributed by atoms with van der Waals surface area (Å²) in [6.07, 6.45) is 6.62. The number of fused-ring (bicyclic) bond motifs is 1. The van der Waals surface area contributed by atoms with Crippen LogP contribution in [0.1, 0.15) is 36.1 Å². The molecule has 3 heterocycles. The Bertz CT molecular complexity index is 544. The predicted molar refractivity (Wildman–Crippen MR) is 93.7 cm³/mol. The van der Waals surface area contributed by atoms with Gasteiger partial charge in [-0.3, -0.25) is 14.6 Å². The fraction of sp³-hybridized carbons (Fsp3) is 0.722. The van der Waals surface area contributed by atoms with Crippen molar-refractivity contribution in [3.8, 4) is 0 Å². The molecular weight excluding hydrogens is 306 g/mol. The molecule has 2 fully saturated rings. The van der Waals surface area contributed by atoms with Gasteiger partial charge in [-0.25, -0.2) is 0 Å². The Hall–Kier alpha value is -0.910. The Morgan fingerprint density at radius 1 is 1.13 bits per heavy atom. The third-order valence-electron chi connectivity index (χ3n) is 5.77. The largest absolute Gasteiger partial charge is 0.337 e. The lowest BCUT2D eigenvalue weighted by molar-refractivity contribution is -0.133. The van der Waals surface area contributed by atoms with Crippen molar-refractivity contribution >= 4 is 17.2 Å². The lowest BCUT2D eigenvalue weighted by Gasteiger charge is -2.38. The summed E-state index contributed by atoms with van der Waals surface area (Å²) in [4.78, 5) is 21.2. The van der Waals surface area contributed by atoms with Gasteiger partial charge in [0.1, 0.15) is 0 Å². The molecule has 0 N–H and O–H groups in total. The van der Waals surface area contributed by atoms with E-state index in [0.717, 1.165) is 51.7 Å². The van der Waals surface area contributed by atoms with E-state index in [9.17, 15) is 4.79 Å². The molecular formula is C18H27N3OS. The van der Waals surface area contributed by atoms with Crippen LogP contribution in [0.5, 0.6) is 0 Å². The highest BCUT2D eigenvalue weighted by atomic mass is 32.1. The fourth-order valence-electron chi connectivity index (χ4n) is 4.31. The highest BCUT2D eigenvalue weighted by Crippen LogP contribution is 2.25. The van der Waals surface area contributed by atoms with Gasteiger partial charge in [0.25, 0.3) is 0 Å². The minimum atomic E-state index is 0.316. The SMILES string of the molecule is O=C(CN1CCN(C2CCCC2)CC1)N1CCc2sccc2C1. The van der Waals surface area contributed by atoms with Crippen LogP contribution in [-0.2, 0) is 17.8 Å². The Balaban J connectivity index is 1.25. The molecule has 2 aliphatic heterocycles. The maximum Gasteiger partial charge on any atom is 0.237 e. The fourth-order valence-corrected chi connectivity index (χ4v) is 5.20. The first-order chi connectivity index (χ1) is 11.3. The van der Waals surface area contributed by atoms with Gasteiger partial charge in [0.05, 0.1) is 6.54 Å². The molecule has 1 saturated heterocycles. The number of nitrogens with zero attached hydrogens (tertiary/aromatic N) is 3. The molecule has 0 bridgehead atoms. The van der Waals surface area contributed by atoms with E-state index >= 15 is 0 Å². The number of rotatable bonds is 3. The van der Waals surface area contributed by atoms with E-state index in [2.05, 4.69) is 26.1 Å². The van der Waals surface area contributed by atoms with Crippen molar-refractivity contribution in [2.24, 2.45) is 0 Å². The average molecular weight is 334 g/mol. The maximum atomic E-state index is 12.6. The monoisotopic (exact) mass is 333 g/mol. The second kappa shape index (κ2) is 6.91. The van der Waals surface area contributed by atoms with Gasteiger partial charge in [-0.2, -0.15) is 0 Å². The van der Waals surface area contributed by atoms with E-state index in [1.54, 1.807) is 0 Å². The number of amides is 1. The van der Waals surface area contributed by atoms with Crippen molar-refractivity contribution in [1.82, 2.24) is 14.7 Å². The number of carbonyl (C=O) groups excluding carboxylic acids is 1. The van der Waals surface area contributed by atoms with Crippen LogP contribution in [0, 0.1) is 0 Å². The highest BCUT2D eigenvalue weighted by molar-refractivity contribution is 7.10. The topological polar surface area (TPSA) is 26.8 Å². The number of thiophene rings is 1. The summed E-state index contributed by atoms with van der Waals surface area (Å²) >= 11 is 1.83. The molecule has 1 aromatic heterocycles. The van der Waals surface area contributed by atoms with E-state index in [1.165, 1.54) is 36.1 Å². The van der Waals surface area contributed by atoms with Gasteiger partial charge < -0.3 is 4.90 Å². The van der Waals surface area contributed by atoms with Gasteiger partial charge in [0.2, 0.25) is 5.91 Å². The summed E-state index contributed by atoms with van der Waals surface area (Å²) in [5.74, 6) is 0.316. The Morgan fingerprint density at radius 2 is 1.91 bits per heavy atom. The normalized spacial score (nSPS) is 24.1. The van der Waals surface area contributed by atoms with Crippen LogP contribution in [-0.4, -0.2) is 65.9 Å². The summed E-state index contributed by atoms with van der Waals surface area (Å²) in [5, 5.41) is 2.15. The van der Waals surface area contributed by atoms with Crippen LogP contribution in [0.25, 0.3) is 0 Å². The van der Waals surface area contributed by atoms with Crippen molar-refractivity contribution in [3.05, 3.63) is 21.9 Å². The summed E-state index contributed by atoms with van der Waals surface area (Å²) in [6.45, 7) is 6.73. The van der Waals surface area contributed by atoms with Gasteiger partial charge >= 0.3 is 0 Å². The van der Waals surface area contributed by atoms with Gasteiger partial charge in [0.15, 0.2) is 0 Å². The first-order valence-electron chi connectivity index (χ1n) is 9.09. The van der Waals surface area contributed by atoms with Crippen molar-refractivity contribution in [1.29, 1.82) is 0 Å². The summed E-state index contributed by atoms with van der Waals surface area (Å²) in [7, 11) is 0. The third kappa shape index (κ3) is 3.47. The van der Waals surface area contributed by atoms with Crippen molar-refractivity contribution in [3.63, 3.8) is 0 Å². The average Bonchev–Trinajstić information content (AvgIpc) is 3.26. The molecule has 1 saturated carbocycles. The van der Waals surface area contributed by atoms with E-state index in [0.29, 0.717) is 12.5 Å². The van der Waals surface area contributed by atoms with Gasteiger partial charge in [-0.1, -0.05) is 12.8 Å². The zero-order valence-electron chi connectivity index (χ0n) is 13.9. The lowest BCUT2D eigenvalue weighted by Crippen LogP contribution is -2.52. The minimum Gasteiger partial charge on any atom is -0.337 e. The molecule has 0 aromatic carbocycles. The molecule has 126 valence electrons. The van der Waals surface area contributed by atoms with E-state index in [1.807, 2.05) is 11.3 Å². The molecule has 23 heavy (non-hydrogen) atoms. The number of piperazine rings is 1. The van der Waals surface area contributed by atoms with Gasteiger partial charge in [0, 0.05) is 50.2 Å². The van der Waals surface area contributed by atoms with Crippen LogP contribution < -0.4 is 0 Å². The minimum absolute atomic E-state index is 0.316. The van der Waals surface area contributed by atoms with Crippen LogP contribution in [0.3, 0.4) is 0 Å². The van der Waals surface area contributed by atoms with E-state index in [4.69, 9.17) is 0 Å². The smallest absolute Gasteiger partial charge is 0.237 e. The lowest BCUT2D eigenvalue weighted by atomic mass is 10.1. The second-order valence-electron chi connectivity index (χ2n) is 7.18. The van der Waals surface area contributed by atoms with Crippen LogP contribution in [0.2, 0.25) is 0 Å². The molecule has 4 nitrogen and oxygen atoms in total. The van der Waals surface area contributed by atoms with E-state index < -0.39 is 0 Å². The zero-order valence-corrected chi connectivity index (χ0v) is 14.7. The Morgan fingerprint density at radius 3 is 2.70 bits per heavy atom. The summed E-state index contributed by atoms with van der Waals surface area (Å²) in [6, 6.07) is 3.01. The Labute approximate surface area is 143 Å². The molecule has 1 aliphatic carbocycles. The molecule has 5 heteroatoms. The maximum absolute atomic E-state index is 12.6. The molecule has 0 spiro atoms. The molecule has 1 aromatic rings. The quantitative estimate of drug-likeness (QED) is 0.848. The van der Waals surface area contributed by atoms with Crippen molar-refractivity contribution in [2.45, 2.75) is 44.7 Å². The standard InChI is InChI=1S/C18H27N3OS/c22-18(21-7-5-17-15(13-21)6-12-23-17)14-19-8-10-20(11-9-19)16-3-1-2-4-16/h6,12,16H,1-5,7-11,13-14H2. The Kier molecular flexibility index (Phi) is 4.69. The second-order valence-corrected chi connectivity index (χ2v) is 8.19. The molecule has 3 aliphatic rings.